The van der Waals surface area contributed by atoms with Gasteiger partial charge in [-0.1, -0.05) is 0 Å². The van der Waals surface area contributed by atoms with Gasteiger partial charge in [0.25, 0.3) is 5.56 Å². The summed E-state index contributed by atoms with van der Waals surface area (Å²) in [7, 11) is 5.41. The van der Waals surface area contributed by atoms with Crippen molar-refractivity contribution in [3.05, 3.63) is 46.9 Å². The molecule has 0 N–H and O–H groups in total. The summed E-state index contributed by atoms with van der Waals surface area (Å²) in [5.41, 5.74) is 2.57. The maximum absolute atomic E-state index is 12.6. The van der Waals surface area contributed by atoms with Gasteiger partial charge in [-0.2, -0.15) is 0 Å². The first-order chi connectivity index (χ1) is 17.1. The minimum absolute atomic E-state index is 0.0899. The summed E-state index contributed by atoms with van der Waals surface area (Å²) in [6.45, 7) is 4.45. The van der Waals surface area contributed by atoms with Crippen LogP contribution in [0.3, 0.4) is 0 Å². The van der Waals surface area contributed by atoms with Gasteiger partial charge in [-0.15, -0.1) is 0 Å². The molecule has 186 valence electrons. The van der Waals surface area contributed by atoms with E-state index in [1.807, 2.05) is 30.3 Å². The summed E-state index contributed by atoms with van der Waals surface area (Å²) < 4.78 is 24.2. The molecule has 3 aromatic rings. The van der Waals surface area contributed by atoms with Gasteiger partial charge in [0.2, 0.25) is 5.75 Å². The lowest BCUT2D eigenvalue weighted by Gasteiger charge is -2.38. The molecule has 1 aromatic heterocycles. The van der Waals surface area contributed by atoms with Gasteiger partial charge in [-0.05, 0) is 25.0 Å². The fourth-order valence-electron chi connectivity index (χ4n) is 4.94. The zero-order valence-electron chi connectivity index (χ0n) is 20.5. The highest BCUT2D eigenvalue weighted by Crippen LogP contribution is 2.43. The molecule has 0 atom stereocenters. The number of methoxy groups -OCH3 is 2. The molecule has 0 spiro atoms. The van der Waals surface area contributed by atoms with Crippen molar-refractivity contribution in [2.24, 2.45) is 0 Å². The average molecular weight is 481 g/mol. The first kappa shape index (κ1) is 23.3. The van der Waals surface area contributed by atoms with Gasteiger partial charge < -0.3 is 33.3 Å². The number of piperidine rings is 1. The van der Waals surface area contributed by atoms with Crippen LogP contribution in [0.5, 0.6) is 23.0 Å². The monoisotopic (exact) mass is 480 g/mol. The third-order valence-corrected chi connectivity index (χ3v) is 7.02. The van der Waals surface area contributed by atoms with E-state index in [9.17, 15) is 4.79 Å². The highest BCUT2D eigenvalue weighted by Gasteiger charge is 2.26. The van der Waals surface area contributed by atoms with Crippen molar-refractivity contribution in [2.45, 2.75) is 25.4 Å². The lowest BCUT2D eigenvalue weighted by atomic mass is 10.0. The lowest BCUT2D eigenvalue weighted by molar-refractivity contribution is 0.165. The Morgan fingerprint density at radius 1 is 1.06 bits per heavy atom. The van der Waals surface area contributed by atoms with Crippen LogP contribution in [0.4, 0.5) is 5.69 Å². The predicted octanol–water partition coefficient (Wildman–Crippen LogP) is 2.79. The number of fused-ring (bicyclic) bond motifs is 2. The van der Waals surface area contributed by atoms with Crippen molar-refractivity contribution in [3.63, 3.8) is 0 Å². The lowest BCUT2D eigenvalue weighted by Crippen LogP contribution is -2.44. The van der Waals surface area contributed by atoms with E-state index in [4.69, 9.17) is 18.9 Å². The number of aromatic nitrogens is 2. The highest BCUT2D eigenvalue weighted by atomic mass is 16.6. The Morgan fingerprint density at radius 2 is 1.86 bits per heavy atom. The second-order valence-corrected chi connectivity index (χ2v) is 8.96. The third kappa shape index (κ3) is 4.73. The average Bonchev–Trinajstić information content (AvgIpc) is 2.91. The quantitative estimate of drug-likeness (QED) is 0.511. The van der Waals surface area contributed by atoms with Gasteiger partial charge >= 0.3 is 0 Å². The molecule has 0 saturated carbocycles. The van der Waals surface area contributed by atoms with Crippen LogP contribution in [0.2, 0.25) is 0 Å². The summed E-state index contributed by atoms with van der Waals surface area (Å²) >= 11 is 0. The van der Waals surface area contributed by atoms with E-state index in [1.54, 1.807) is 18.8 Å². The Bertz CT molecular complexity index is 1240. The molecular formula is C26H32N4O5. The molecule has 5 rings (SSSR count). The molecule has 0 unspecified atom stereocenters. The van der Waals surface area contributed by atoms with Crippen LogP contribution in [-0.4, -0.2) is 74.6 Å². The number of hydrogen-bond donors (Lipinski definition) is 0. The van der Waals surface area contributed by atoms with E-state index < -0.39 is 0 Å². The molecule has 0 radical (unpaired) electrons. The minimum Gasteiger partial charge on any atom is -0.497 e. The maximum atomic E-state index is 12.6. The Balaban J connectivity index is 1.23. The molecule has 1 fully saturated rings. The maximum Gasteiger partial charge on any atom is 0.269 e. The number of ether oxygens (including phenoxy) is 4. The predicted molar refractivity (Wildman–Crippen MR) is 134 cm³/mol. The number of hydrogen-bond acceptors (Lipinski definition) is 8. The van der Waals surface area contributed by atoms with Gasteiger partial charge in [0.15, 0.2) is 11.5 Å². The smallest absolute Gasteiger partial charge is 0.269 e. The molecule has 9 heteroatoms. The van der Waals surface area contributed by atoms with Gasteiger partial charge in [-0.25, -0.2) is 4.98 Å². The molecule has 2 aliphatic rings. The van der Waals surface area contributed by atoms with Crippen LogP contribution in [0.25, 0.3) is 11.0 Å². The minimum atomic E-state index is -0.0899. The summed E-state index contributed by atoms with van der Waals surface area (Å²) in [6.07, 6.45) is 3.47. The summed E-state index contributed by atoms with van der Waals surface area (Å²) in [5.74, 6) is 2.84. The van der Waals surface area contributed by atoms with Crippen LogP contribution in [-0.2, 0) is 6.54 Å². The highest BCUT2D eigenvalue weighted by molar-refractivity contribution is 5.76. The SMILES string of the molecule is COc1ccc2ncc(=O)n(CCN3CCC(N(C)c4cc(OC)c5c(c4)OCCO5)CC3)c2c1. The van der Waals surface area contributed by atoms with E-state index in [0.29, 0.717) is 37.3 Å². The van der Waals surface area contributed by atoms with Gasteiger partial charge in [0, 0.05) is 63.2 Å². The van der Waals surface area contributed by atoms with E-state index in [2.05, 4.69) is 21.8 Å². The third-order valence-electron chi connectivity index (χ3n) is 7.02. The van der Waals surface area contributed by atoms with Crippen molar-refractivity contribution in [3.8, 4) is 23.0 Å². The number of rotatable bonds is 7. The first-order valence-corrected chi connectivity index (χ1v) is 12.0. The molecule has 3 heterocycles. The Morgan fingerprint density at radius 3 is 2.63 bits per heavy atom. The van der Waals surface area contributed by atoms with E-state index in [1.165, 1.54) is 6.20 Å². The summed E-state index contributed by atoms with van der Waals surface area (Å²) in [5, 5.41) is 0. The number of nitrogens with zero attached hydrogens (tertiary/aromatic N) is 4. The normalized spacial score (nSPS) is 16.3. The van der Waals surface area contributed by atoms with Crippen LogP contribution >= 0.6 is 0 Å². The van der Waals surface area contributed by atoms with E-state index >= 15 is 0 Å². The zero-order chi connectivity index (χ0) is 24.4. The molecule has 0 amide bonds. The number of benzene rings is 2. The molecule has 0 bridgehead atoms. The molecule has 9 nitrogen and oxygen atoms in total. The summed E-state index contributed by atoms with van der Waals surface area (Å²) in [4.78, 5) is 21.6. The first-order valence-electron chi connectivity index (χ1n) is 12.0. The Labute approximate surface area is 204 Å². The number of anilines is 1. The molecule has 2 aliphatic heterocycles. The molecule has 0 aliphatic carbocycles. The van der Waals surface area contributed by atoms with Crippen LogP contribution < -0.4 is 29.4 Å². The fourth-order valence-corrected chi connectivity index (χ4v) is 4.94. The van der Waals surface area contributed by atoms with E-state index in [-0.39, 0.29) is 5.56 Å². The van der Waals surface area contributed by atoms with Crippen LogP contribution in [0.1, 0.15) is 12.8 Å². The topological polar surface area (TPSA) is 78.3 Å². The van der Waals surface area contributed by atoms with Gasteiger partial charge in [0.05, 0.1) is 31.4 Å². The van der Waals surface area contributed by atoms with Gasteiger partial charge in [-0.3, -0.25) is 4.79 Å². The molecule has 1 saturated heterocycles. The van der Waals surface area contributed by atoms with Crippen molar-refractivity contribution in [1.82, 2.24) is 14.5 Å². The van der Waals surface area contributed by atoms with Gasteiger partial charge in [0.1, 0.15) is 19.0 Å². The van der Waals surface area contributed by atoms with Crippen molar-refractivity contribution < 1.29 is 18.9 Å². The Hall–Kier alpha value is -3.46. The van der Waals surface area contributed by atoms with E-state index in [0.717, 1.165) is 60.7 Å². The van der Waals surface area contributed by atoms with Crippen LogP contribution in [0, 0.1) is 0 Å². The number of likely N-dealkylation sites (tertiary alicyclic amines) is 1. The standard InChI is InChI=1S/C26H32N4O5/c1-28(19-14-23(33-3)26-24(15-19)34-12-13-35-26)18-6-8-29(9-7-18)10-11-30-22-16-20(32-2)4-5-21(22)27-17-25(30)31/h4-5,14-18H,6-13H2,1-3H3. The van der Waals surface area contributed by atoms with Crippen molar-refractivity contribution in [2.75, 3.05) is 59.0 Å². The molecule has 35 heavy (non-hydrogen) atoms. The molecular weight excluding hydrogens is 448 g/mol. The van der Waals surface area contributed by atoms with Crippen molar-refractivity contribution in [1.29, 1.82) is 0 Å². The zero-order valence-corrected chi connectivity index (χ0v) is 20.5. The second kappa shape index (κ2) is 10.0. The molecule has 2 aromatic carbocycles. The second-order valence-electron chi connectivity index (χ2n) is 8.96. The Kier molecular flexibility index (Phi) is 6.68. The summed E-state index contributed by atoms with van der Waals surface area (Å²) in [6, 6.07) is 10.1. The largest absolute Gasteiger partial charge is 0.497 e. The van der Waals surface area contributed by atoms with Crippen LogP contribution in [0.15, 0.2) is 41.3 Å². The fraction of sp³-hybridized carbons (Fsp3) is 0.462. The van der Waals surface area contributed by atoms with Crippen molar-refractivity contribution >= 4 is 16.7 Å².